The van der Waals surface area contributed by atoms with Gasteiger partial charge in [-0.2, -0.15) is 0 Å². The minimum absolute atomic E-state index is 0.511. The van der Waals surface area contributed by atoms with Gasteiger partial charge in [0.1, 0.15) is 18.1 Å². The maximum Gasteiger partial charge on any atom is 0.191 e. The highest BCUT2D eigenvalue weighted by molar-refractivity contribution is 5.79. The van der Waals surface area contributed by atoms with Gasteiger partial charge >= 0.3 is 0 Å². The molecule has 0 fully saturated rings. The highest BCUT2D eigenvalue weighted by atomic mass is 16.5. The van der Waals surface area contributed by atoms with Gasteiger partial charge in [0, 0.05) is 26.7 Å². The Bertz CT molecular complexity index is 652. The molecule has 0 atom stereocenters. The molecule has 148 valence electrons. The number of hydrogen-bond donors (Lipinski definition) is 2. The van der Waals surface area contributed by atoms with Gasteiger partial charge in [-0.05, 0) is 42.2 Å². The van der Waals surface area contributed by atoms with Crippen LogP contribution in [0.15, 0.2) is 52.1 Å². The largest absolute Gasteiger partial charge is 0.493 e. The van der Waals surface area contributed by atoms with E-state index < -0.39 is 0 Å². The van der Waals surface area contributed by atoms with E-state index >= 15 is 0 Å². The Kier molecular flexibility index (Phi) is 9.27. The Morgan fingerprint density at radius 1 is 1.15 bits per heavy atom. The average molecular weight is 373 g/mol. The first kappa shape index (κ1) is 20.8. The Balaban J connectivity index is 1.59. The molecule has 0 amide bonds. The lowest BCUT2D eigenvalue weighted by Crippen LogP contribution is -2.37. The van der Waals surface area contributed by atoms with E-state index in [1.807, 2.05) is 24.3 Å². The standard InChI is InChI=1S/C21H31N3O3/c1-17(2)15-27-19-9-7-18(8-10-19)14-24-21(22-3)23-11-5-12-25-16-20-6-4-13-26-20/h4,6-10,13,17H,5,11-12,14-16H2,1-3H3,(H2,22,23,24). The summed E-state index contributed by atoms with van der Waals surface area (Å²) in [5.74, 6) is 3.06. The van der Waals surface area contributed by atoms with Crippen LogP contribution < -0.4 is 15.4 Å². The van der Waals surface area contributed by atoms with Crippen molar-refractivity contribution in [2.75, 3.05) is 26.8 Å². The number of ether oxygens (including phenoxy) is 2. The molecule has 6 heteroatoms. The summed E-state index contributed by atoms with van der Waals surface area (Å²) in [5, 5.41) is 6.60. The number of nitrogens with zero attached hydrogens (tertiary/aromatic N) is 1. The van der Waals surface area contributed by atoms with Crippen molar-refractivity contribution in [1.29, 1.82) is 0 Å². The van der Waals surface area contributed by atoms with E-state index in [-0.39, 0.29) is 0 Å². The zero-order valence-corrected chi connectivity index (χ0v) is 16.5. The molecule has 0 saturated heterocycles. The number of nitrogens with one attached hydrogen (secondary N) is 2. The van der Waals surface area contributed by atoms with Crippen LogP contribution in [-0.4, -0.2) is 32.8 Å². The third-order valence-electron chi connectivity index (χ3n) is 3.77. The Labute approximate surface area is 162 Å². The maximum atomic E-state index is 5.70. The first-order chi connectivity index (χ1) is 13.2. The van der Waals surface area contributed by atoms with Gasteiger partial charge in [-0.1, -0.05) is 26.0 Å². The Hall–Kier alpha value is -2.47. The lowest BCUT2D eigenvalue weighted by atomic mass is 10.2. The minimum atomic E-state index is 0.511. The fourth-order valence-corrected chi connectivity index (χ4v) is 2.32. The van der Waals surface area contributed by atoms with Crippen molar-refractivity contribution in [3.05, 3.63) is 54.0 Å². The van der Waals surface area contributed by atoms with Crippen molar-refractivity contribution in [2.24, 2.45) is 10.9 Å². The lowest BCUT2D eigenvalue weighted by molar-refractivity contribution is 0.105. The average Bonchev–Trinajstić information content (AvgIpc) is 3.19. The van der Waals surface area contributed by atoms with Gasteiger partial charge in [-0.15, -0.1) is 0 Å². The number of furan rings is 1. The second-order valence-electron chi connectivity index (χ2n) is 6.69. The van der Waals surface area contributed by atoms with Crippen LogP contribution >= 0.6 is 0 Å². The molecule has 1 heterocycles. The molecular formula is C21H31N3O3. The number of guanidine groups is 1. The van der Waals surface area contributed by atoms with E-state index in [0.717, 1.165) is 37.0 Å². The Morgan fingerprint density at radius 2 is 1.96 bits per heavy atom. The normalized spacial score (nSPS) is 11.6. The SMILES string of the molecule is CN=C(NCCCOCc1ccco1)NCc1ccc(OCC(C)C)cc1. The molecule has 0 unspecified atom stereocenters. The van der Waals surface area contributed by atoms with E-state index in [0.29, 0.717) is 25.7 Å². The third kappa shape index (κ3) is 8.64. The quantitative estimate of drug-likeness (QED) is 0.358. The van der Waals surface area contributed by atoms with E-state index in [9.17, 15) is 0 Å². The van der Waals surface area contributed by atoms with Gasteiger partial charge < -0.3 is 24.5 Å². The molecular weight excluding hydrogens is 342 g/mol. The van der Waals surface area contributed by atoms with E-state index in [1.54, 1.807) is 13.3 Å². The first-order valence-corrected chi connectivity index (χ1v) is 9.43. The van der Waals surface area contributed by atoms with Gasteiger partial charge in [-0.25, -0.2) is 0 Å². The van der Waals surface area contributed by atoms with E-state index in [4.69, 9.17) is 13.9 Å². The topological polar surface area (TPSA) is 68.0 Å². The van der Waals surface area contributed by atoms with Crippen LogP contribution in [0.2, 0.25) is 0 Å². The molecule has 27 heavy (non-hydrogen) atoms. The third-order valence-corrected chi connectivity index (χ3v) is 3.77. The van der Waals surface area contributed by atoms with Crippen molar-refractivity contribution in [3.8, 4) is 5.75 Å². The molecule has 0 bridgehead atoms. The molecule has 0 aliphatic carbocycles. The molecule has 2 aromatic rings. The number of aliphatic imine (C=N–C) groups is 1. The van der Waals surface area contributed by atoms with Crippen molar-refractivity contribution >= 4 is 5.96 Å². The highest BCUT2D eigenvalue weighted by Gasteiger charge is 2.01. The summed E-state index contributed by atoms with van der Waals surface area (Å²) >= 11 is 0. The lowest BCUT2D eigenvalue weighted by Gasteiger charge is -2.13. The fourth-order valence-electron chi connectivity index (χ4n) is 2.32. The van der Waals surface area contributed by atoms with Crippen LogP contribution in [0.25, 0.3) is 0 Å². The van der Waals surface area contributed by atoms with Crippen LogP contribution in [-0.2, 0) is 17.9 Å². The molecule has 0 radical (unpaired) electrons. The van der Waals surface area contributed by atoms with Crippen molar-refractivity contribution in [2.45, 2.75) is 33.4 Å². The minimum Gasteiger partial charge on any atom is -0.493 e. The highest BCUT2D eigenvalue weighted by Crippen LogP contribution is 2.13. The number of hydrogen-bond acceptors (Lipinski definition) is 4. The molecule has 0 saturated carbocycles. The molecule has 1 aromatic carbocycles. The van der Waals surface area contributed by atoms with Crippen molar-refractivity contribution in [1.82, 2.24) is 10.6 Å². The van der Waals surface area contributed by atoms with Gasteiger partial charge in [-0.3, -0.25) is 4.99 Å². The van der Waals surface area contributed by atoms with Crippen LogP contribution in [0.5, 0.6) is 5.75 Å². The second-order valence-corrected chi connectivity index (χ2v) is 6.69. The van der Waals surface area contributed by atoms with Crippen molar-refractivity contribution < 1.29 is 13.9 Å². The zero-order valence-electron chi connectivity index (χ0n) is 16.5. The zero-order chi connectivity index (χ0) is 19.3. The summed E-state index contributed by atoms with van der Waals surface area (Å²) in [5.41, 5.74) is 1.18. The molecule has 1 aromatic heterocycles. The molecule has 2 rings (SSSR count). The maximum absolute atomic E-state index is 5.70. The summed E-state index contributed by atoms with van der Waals surface area (Å²) in [6.07, 6.45) is 2.55. The predicted octanol–water partition coefficient (Wildman–Crippen LogP) is 3.59. The first-order valence-electron chi connectivity index (χ1n) is 9.43. The summed E-state index contributed by atoms with van der Waals surface area (Å²) < 4.78 is 16.5. The second kappa shape index (κ2) is 12.0. The molecule has 0 aliphatic heterocycles. The van der Waals surface area contributed by atoms with Gasteiger partial charge in [0.25, 0.3) is 0 Å². The number of rotatable bonds is 11. The van der Waals surface area contributed by atoms with Crippen molar-refractivity contribution in [3.63, 3.8) is 0 Å². The summed E-state index contributed by atoms with van der Waals surface area (Å²) in [6.45, 7) is 7.70. The van der Waals surface area contributed by atoms with Gasteiger partial charge in [0.05, 0.1) is 12.9 Å². The molecule has 2 N–H and O–H groups in total. The number of benzene rings is 1. The van der Waals surface area contributed by atoms with Crippen LogP contribution in [0.1, 0.15) is 31.6 Å². The van der Waals surface area contributed by atoms with Crippen LogP contribution in [0, 0.1) is 5.92 Å². The smallest absolute Gasteiger partial charge is 0.191 e. The van der Waals surface area contributed by atoms with Gasteiger partial charge in [0.2, 0.25) is 0 Å². The van der Waals surface area contributed by atoms with Crippen LogP contribution in [0.3, 0.4) is 0 Å². The van der Waals surface area contributed by atoms with Gasteiger partial charge in [0.15, 0.2) is 5.96 Å². The monoisotopic (exact) mass is 373 g/mol. The molecule has 6 nitrogen and oxygen atoms in total. The van der Waals surface area contributed by atoms with E-state index in [2.05, 4.69) is 41.6 Å². The van der Waals surface area contributed by atoms with E-state index in [1.165, 1.54) is 5.56 Å². The summed E-state index contributed by atoms with van der Waals surface area (Å²) in [6, 6.07) is 11.9. The summed E-state index contributed by atoms with van der Waals surface area (Å²) in [7, 11) is 1.77. The summed E-state index contributed by atoms with van der Waals surface area (Å²) in [4.78, 5) is 4.24. The molecule has 0 spiro atoms. The Morgan fingerprint density at radius 3 is 2.63 bits per heavy atom. The van der Waals surface area contributed by atoms with Crippen LogP contribution in [0.4, 0.5) is 0 Å². The molecule has 0 aliphatic rings. The fraction of sp³-hybridized carbons (Fsp3) is 0.476. The predicted molar refractivity (Wildman–Crippen MR) is 108 cm³/mol.